The number of amides is 2. The highest BCUT2D eigenvalue weighted by molar-refractivity contribution is 7.19. The summed E-state index contributed by atoms with van der Waals surface area (Å²) in [5, 5.41) is 3.80. The highest BCUT2D eigenvalue weighted by Crippen LogP contribution is 2.63. The van der Waals surface area contributed by atoms with Crippen LogP contribution in [0.4, 0.5) is 0 Å². The largest absolute Gasteiger partial charge is 0.487 e. The number of carbonyl (C=O) groups excluding carboxylic acids is 2. The van der Waals surface area contributed by atoms with Crippen LogP contribution >= 0.6 is 35.3 Å². The number of carbonyl (C=O) groups is 2. The molecule has 1 N–H and O–H groups in total. The molecule has 1 aliphatic carbocycles. The lowest BCUT2D eigenvalue weighted by Gasteiger charge is -2.26. The van der Waals surface area contributed by atoms with Gasteiger partial charge in [0.2, 0.25) is 11.8 Å². The zero-order chi connectivity index (χ0) is 24.5. The van der Waals surface area contributed by atoms with E-state index in [1.165, 1.54) is 16.2 Å². The Kier molecular flexibility index (Phi) is 6.52. The molecule has 2 amide bonds. The number of thiophene rings is 1. The molecule has 0 aromatic carbocycles. The average Bonchev–Trinajstić information content (AvgIpc) is 3.07. The molecule has 190 valence electrons. The molecule has 0 spiro atoms. The number of rotatable bonds is 5. The van der Waals surface area contributed by atoms with Gasteiger partial charge >= 0.3 is 0 Å². The maximum Gasteiger partial charge on any atom is 0.234 e. The maximum atomic E-state index is 12.8. The van der Waals surface area contributed by atoms with Gasteiger partial charge in [0.1, 0.15) is 22.7 Å². The number of ether oxygens (including phenoxy) is 1. The SMILES string of the molecule is Cc1cc(Cl)nc(-c2ccnc3cc(CN4C(=O)C5C(C4=O)C5(C)C)sc23)c1OC1CCCNC1.Cl. The molecule has 3 unspecified atom stereocenters. The zero-order valence-corrected chi connectivity index (χ0v) is 22.7. The molecule has 3 aliphatic rings. The van der Waals surface area contributed by atoms with E-state index < -0.39 is 0 Å². The first kappa shape index (κ1) is 25.4. The third-order valence-corrected chi connectivity index (χ3v) is 8.92. The van der Waals surface area contributed by atoms with Gasteiger partial charge in [-0.25, -0.2) is 4.98 Å². The fraction of sp³-hybridized carbons (Fsp3) is 0.462. The van der Waals surface area contributed by atoms with Crippen LogP contribution in [-0.2, 0) is 16.1 Å². The summed E-state index contributed by atoms with van der Waals surface area (Å²) in [5.74, 6) is 0.272. The molecule has 3 aromatic heterocycles. The van der Waals surface area contributed by atoms with Gasteiger partial charge in [-0.15, -0.1) is 23.7 Å². The van der Waals surface area contributed by atoms with Crippen LogP contribution in [0.1, 0.15) is 37.1 Å². The summed E-state index contributed by atoms with van der Waals surface area (Å²) in [4.78, 5) is 37.2. The Balaban J connectivity index is 0.00000267. The van der Waals surface area contributed by atoms with E-state index in [4.69, 9.17) is 16.3 Å². The summed E-state index contributed by atoms with van der Waals surface area (Å²) >= 11 is 7.92. The minimum Gasteiger partial charge on any atom is -0.487 e. The van der Waals surface area contributed by atoms with Gasteiger partial charge < -0.3 is 10.1 Å². The van der Waals surface area contributed by atoms with Crippen molar-refractivity contribution in [3.05, 3.63) is 40.0 Å². The number of aryl methyl sites for hydroxylation is 1. The topological polar surface area (TPSA) is 84.4 Å². The van der Waals surface area contributed by atoms with Crippen LogP contribution in [0.25, 0.3) is 21.5 Å². The lowest BCUT2D eigenvalue weighted by Crippen LogP contribution is -2.37. The highest BCUT2D eigenvalue weighted by Gasteiger charge is 2.72. The minimum absolute atomic E-state index is 0. The Morgan fingerprint density at radius 1 is 1.25 bits per heavy atom. The summed E-state index contributed by atoms with van der Waals surface area (Å²) in [7, 11) is 0. The molecule has 0 bridgehead atoms. The van der Waals surface area contributed by atoms with Crippen LogP contribution in [0.5, 0.6) is 5.75 Å². The molecule has 2 saturated heterocycles. The molecule has 3 fully saturated rings. The summed E-state index contributed by atoms with van der Waals surface area (Å²) in [6, 6.07) is 5.71. The van der Waals surface area contributed by atoms with Crippen LogP contribution in [0.15, 0.2) is 24.4 Å². The molecular formula is C26H28Cl2N4O3S. The predicted molar refractivity (Wildman–Crippen MR) is 143 cm³/mol. The van der Waals surface area contributed by atoms with E-state index in [0.29, 0.717) is 10.8 Å². The van der Waals surface area contributed by atoms with Crippen molar-refractivity contribution in [3.8, 4) is 17.0 Å². The van der Waals surface area contributed by atoms with Crippen LogP contribution < -0.4 is 10.1 Å². The predicted octanol–water partition coefficient (Wildman–Crippen LogP) is 5.01. The van der Waals surface area contributed by atoms with Crippen molar-refractivity contribution in [2.45, 2.75) is 46.3 Å². The number of pyridine rings is 2. The van der Waals surface area contributed by atoms with E-state index in [9.17, 15) is 9.59 Å². The molecule has 0 radical (unpaired) electrons. The number of piperidine rings is 2. The molecule has 1 saturated carbocycles. The van der Waals surface area contributed by atoms with Crippen molar-refractivity contribution >= 4 is 57.4 Å². The molecule has 7 nitrogen and oxygen atoms in total. The molecule has 3 aromatic rings. The number of halogens is 2. The average molecular weight is 548 g/mol. The van der Waals surface area contributed by atoms with Crippen molar-refractivity contribution in [1.82, 2.24) is 20.2 Å². The van der Waals surface area contributed by atoms with E-state index >= 15 is 0 Å². The summed E-state index contributed by atoms with van der Waals surface area (Å²) in [6.07, 6.45) is 3.88. The number of hydrogen-bond acceptors (Lipinski definition) is 7. The van der Waals surface area contributed by atoms with Crippen molar-refractivity contribution in [1.29, 1.82) is 0 Å². The van der Waals surface area contributed by atoms with Crippen molar-refractivity contribution in [2.24, 2.45) is 17.3 Å². The summed E-state index contributed by atoms with van der Waals surface area (Å²) < 4.78 is 7.40. The molecule has 36 heavy (non-hydrogen) atoms. The van der Waals surface area contributed by atoms with Gasteiger partial charge in [-0.3, -0.25) is 19.5 Å². The van der Waals surface area contributed by atoms with Crippen LogP contribution in [0.2, 0.25) is 5.15 Å². The number of aromatic nitrogens is 2. The van der Waals surface area contributed by atoms with Gasteiger partial charge in [-0.2, -0.15) is 0 Å². The third-order valence-electron chi connectivity index (χ3n) is 7.59. The van der Waals surface area contributed by atoms with Gasteiger partial charge in [0.25, 0.3) is 0 Å². The standard InChI is InChI=1S/C26H27ClN4O3S.ClH/c1-13-9-18(27)30-21(22(13)34-14-5-4-7-28-11-14)16-6-8-29-17-10-15(35-23(16)17)12-31-24(32)19-20(25(31)33)26(19,2)3;/h6,8-10,14,19-20,28H,4-5,7,11-12H2,1-3H3;1H. The number of nitrogens with zero attached hydrogens (tertiary/aromatic N) is 3. The van der Waals surface area contributed by atoms with Gasteiger partial charge in [0.15, 0.2) is 0 Å². The Bertz CT molecular complexity index is 1340. The Labute approximate surface area is 225 Å². The third kappa shape index (κ3) is 4.08. The number of hydrogen-bond donors (Lipinski definition) is 1. The highest BCUT2D eigenvalue weighted by atomic mass is 35.5. The fourth-order valence-electron chi connectivity index (χ4n) is 5.61. The second-order valence-electron chi connectivity index (χ2n) is 10.4. The molecule has 3 atom stereocenters. The first-order valence-electron chi connectivity index (χ1n) is 12.0. The smallest absolute Gasteiger partial charge is 0.234 e. The molecule has 2 aliphatic heterocycles. The first-order valence-corrected chi connectivity index (χ1v) is 13.2. The Morgan fingerprint density at radius 2 is 2.00 bits per heavy atom. The number of fused-ring (bicyclic) bond motifs is 2. The van der Waals surface area contributed by atoms with Gasteiger partial charge in [-0.1, -0.05) is 25.4 Å². The summed E-state index contributed by atoms with van der Waals surface area (Å²) in [6.45, 7) is 8.06. The van der Waals surface area contributed by atoms with Gasteiger partial charge in [-0.05, 0) is 55.5 Å². The van der Waals surface area contributed by atoms with Crippen LogP contribution in [0, 0.1) is 24.2 Å². The number of nitrogens with one attached hydrogen (secondary N) is 1. The quantitative estimate of drug-likeness (QED) is 0.357. The molecule has 5 heterocycles. The van der Waals surface area contributed by atoms with E-state index in [1.54, 1.807) is 6.20 Å². The fourth-order valence-corrected chi connectivity index (χ4v) is 6.97. The zero-order valence-electron chi connectivity index (χ0n) is 20.3. The lowest BCUT2D eigenvalue weighted by molar-refractivity contribution is -0.143. The van der Waals surface area contributed by atoms with Crippen molar-refractivity contribution < 1.29 is 14.3 Å². The molecular weight excluding hydrogens is 519 g/mol. The maximum absolute atomic E-state index is 12.8. The summed E-state index contributed by atoms with van der Waals surface area (Å²) in [5.41, 5.74) is 3.11. The molecule has 6 rings (SSSR count). The monoisotopic (exact) mass is 546 g/mol. The number of likely N-dealkylation sites (tertiary alicyclic amines) is 1. The van der Waals surface area contributed by atoms with E-state index in [-0.39, 0.29) is 54.1 Å². The van der Waals surface area contributed by atoms with E-state index in [1.807, 2.05) is 39.0 Å². The van der Waals surface area contributed by atoms with Crippen molar-refractivity contribution in [3.63, 3.8) is 0 Å². The van der Waals surface area contributed by atoms with Crippen LogP contribution in [0.3, 0.4) is 0 Å². The van der Waals surface area contributed by atoms with Crippen molar-refractivity contribution in [2.75, 3.05) is 13.1 Å². The second kappa shape index (κ2) is 9.24. The van der Waals surface area contributed by atoms with Gasteiger partial charge in [0, 0.05) is 23.2 Å². The minimum atomic E-state index is -0.208. The second-order valence-corrected chi connectivity index (χ2v) is 11.9. The molecule has 10 heteroatoms. The van der Waals surface area contributed by atoms with Gasteiger partial charge in [0.05, 0.1) is 28.6 Å². The first-order chi connectivity index (χ1) is 16.8. The Morgan fingerprint density at radius 3 is 2.69 bits per heavy atom. The Hall–Kier alpha value is -2.26. The number of imide groups is 1. The normalized spacial score (nSPS) is 24.6. The van der Waals surface area contributed by atoms with E-state index in [0.717, 1.165) is 57.9 Å². The van der Waals surface area contributed by atoms with Crippen LogP contribution in [-0.4, -0.2) is 45.9 Å². The van der Waals surface area contributed by atoms with E-state index in [2.05, 4.69) is 15.3 Å². The lowest BCUT2D eigenvalue weighted by atomic mass is 10.1.